The minimum absolute atomic E-state index is 0.0211. The summed E-state index contributed by atoms with van der Waals surface area (Å²) in [7, 11) is 0. The maximum absolute atomic E-state index is 13.4. The second-order valence-electron chi connectivity index (χ2n) is 9.30. The van der Waals surface area contributed by atoms with E-state index in [1.165, 1.54) is 6.42 Å². The van der Waals surface area contributed by atoms with Crippen molar-refractivity contribution >= 4 is 23.5 Å². The molecular weight excluding hydrogens is 392 g/mol. The average Bonchev–Trinajstić information content (AvgIpc) is 3.28. The molecular formula is C24H34N4O3. The van der Waals surface area contributed by atoms with Crippen LogP contribution < -0.4 is 5.32 Å². The van der Waals surface area contributed by atoms with E-state index in [9.17, 15) is 14.4 Å². The highest BCUT2D eigenvalue weighted by Crippen LogP contribution is 2.30. The van der Waals surface area contributed by atoms with Crippen molar-refractivity contribution in [1.29, 1.82) is 0 Å². The van der Waals surface area contributed by atoms with Gasteiger partial charge in [-0.3, -0.25) is 14.4 Å². The van der Waals surface area contributed by atoms with Gasteiger partial charge in [-0.2, -0.15) is 0 Å². The lowest BCUT2D eigenvalue weighted by atomic mass is 9.88. The fourth-order valence-corrected chi connectivity index (χ4v) is 5.31. The molecule has 2 aliphatic heterocycles. The van der Waals surface area contributed by atoms with Crippen molar-refractivity contribution < 1.29 is 14.4 Å². The number of piperidine rings is 1. The van der Waals surface area contributed by atoms with Gasteiger partial charge < -0.3 is 15.1 Å². The Bertz CT molecular complexity index is 821. The maximum atomic E-state index is 13.4. The summed E-state index contributed by atoms with van der Waals surface area (Å²) in [6, 6.07) is 5.18. The van der Waals surface area contributed by atoms with Gasteiger partial charge in [0, 0.05) is 31.2 Å². The van der Waals surface area contributed by atoms with Crippen molar-refractivity contribution in [2.75, 3.05) is 25.0 Å². The van der Waals surface area contributed by atoms with E-state index < -0.39 is 0 Å². The molecule has 31 heavy (non-hydrogen) atoms. The second-order valence-corrected chi connectivity index (χ2v) is 9.30. The van der Waals surface area contributed by atoms with Gasteiger partial charge in [0.2, 0.25) is 17.7 Å². The summed E-state index contributed by atoms with van der Waals surface area (Å²) >= 11 is 0. The standard InChI is InChI=1S/C24H34N4O3/c1-17-8-5-13-21(25-17)26-22(29)19-11-6-14-27(16-19)24(31)20-12-7-15-28(20)23(30)18-9-3-2-4-10-18/h5,8,13,18-20H,2-4,6-7,9-12,14-16H2,1H3,(H,25,26,29). The molecule has 0 spiro atoms. The smallest absolute Gasteiger partial charge is 0.245 e. The van der Waals surface area contributed by atoms with Gasteiger partial charge in [0.1, 0.15) is 11.9 Å². The number of carbonyl (C=O) groups is 3. The molecule has 168 valence electrons. The monoisotopic (exact) mass is 426 g/mol. The number of carbonyl (C=O) groups excluding carboxylic acids is 3. The zero-order chi connectivity index (χ0) is 21.8. The second kappa shape index (κ2) is 9.79. The highest BCUT2D eigenvalue weighted by molar-refractivity contribution is 5.93. The molecule has 1 aromatic rings. The zero-order valence-corrected chi connectivity index (χ0v) is 18.5. The van der Waals surface area contributed by atoms with E-state index in [2.05, 4.69) is 10.3 Å². The first-order valence-corrected chi connectivity index (χ1v) is 11.9. The fraction of sp³-hybridized carbons (Fsp3) is 0.667. The van der Waals surface area contributed by atoms with Gasteiger partial charge in [-0.1, -0.05) is 25.3 Å². The molecule has 1 saturated carbocycles. The van der Waals surface area contributed by atoms with E-state index >= 15 is 0 Å². The Hall–Kier alpha value is -2.44. The first kappa shape index (κ1) is 21.8. The van der Waals surface area contributed by atoms with Gasteiger partial charge in [0.05, 0.1) is 5.92 Å². The molecule has 2 unspecified atom stereocenters. The molecule has 7 heteroatoms. The van der Waals surface area contributed by atoms with E-state index in [1.54, 1.807) is 6.07 Å². The van der Waals surface area contributed by atoms with Crippen LogP contribution >= 0.6 is 0 Å². The number of aromatic nitrogens is 1. The molecule has 3 amide bonds. The van der Waals surface area contributed by atoms with Crippen LogP contribution in [0.3, 0.4) is 0 Å². The van der Waals surface area contributed by atoms with Gasteiger partial charge in [-0.05, 0) is 57.6 Å². The summed E-state index contributed by atoms with van der Waals surface area (Å²) in [5.41, 5.74) is 0.849. The third kappa shape index (κ3) is 5.08. The van der Waals surface area contributed by atoms with Gasteiger partial charge in [0.25, 0.3) is 0 Å². The van der Waals surface area contributed by atoms with Crippen LogP contribution in [0.15, 0.2) is 18.2 Å². The average molecular weight is 427 g/mol. The number of anilines is 1. The fourth-order valence-electron chi connectivity index (χ4n) is 5.31. The van der Waals surface area contributed by atoms with E-state index in [0.29, 0.717) is 25.5 Å². The Kier molecular flexibility index (Phi) is 6.88. The van der Waals surface area contributed by atoms with Crippen molar-refractivity contribution in [3.05, 3.63) is 23.9 Å². The van der Waals surface area contributed by atoms with Crippen molar-refractivity contribution in [2.24, 2.45) is 11.8 Å². The Morgan fingerprint density at radius 3 is 2.42 bits per heavy atom. The molecule has 2 atom stereocenters. The SMILES string of the molecule is Cc1cccc(NC(=O)C2CCCN(C(=O)C3CCCN3C(=O)C3CCCCC3)C2)n1. The van der Waals surface area contributed by atoms with E-state index in [1.807, 2.05) is 28.9 Å². The molecule has 2 saturated heterocycles. The number of likely N-dealkylation sites (tertiary alicyclic amines) is 2. The lowest BCUT2D eigenvalue weighted by Gasteiger charge is -2.36. The van der Waals surface area contributed by atoms with E-state index in [-0.39, 0.29) is 35.6 Å². The molecule has 1 aliphatic carbocycles. The van der Waals surface area contributed by atoms with Crippen LogP contribution in [0.25, 0.3) is 0 Å². The molecule has 3 heterocycles. The molecule has 3 fully saturated rings. The van der Waals surface area contributed by atoms with Gasteiger partial charge in [-0.15, -0.1) is 0 Å². The molecule has 1 aromatic heterocycles. The van der Waals surface area contributed by atoms with Crippen LogP contribution in [0.2, 0.25) is 0 Å². The molecule has 3 aliphatic rings. The number of pyridine rings is 1. The first-order chi connectivity index (χ1) is 15.0. The Balaban J connectivity index is 1.37. The van der Waals surface area contributed by atoms with Crippen LogP contribution in [-0.2, 0) is 14.4 Å². The lowest BCUT2D eigenvalue weighted by molar-refractivity contribution is -0.148. The Morgan fingerprint density at radius 2 is 1.65 bits per heavy atom. The Morgan fingerprint density at radius 1 is 0.903 bits per heavy atom. The topological polar surface area (TPSA) is 82.6 Å². The summed E-state index contributed by atoms with van der Waals surface area (Å²) in [6.07, 6.45) is 8.52. The normalized spacial score (nSPS) is 24.8. The summed E-state index contributed by atoms with van der Waals surface area (Å²) in [5.74, 6) is 0.499. The van der Waals surface area contributed by atoms with Crippen LogP contribution in [0.4, 0.5) is 5.82 Å². The molecule has 4 rings (SSSR count). The number of nitrogens with zero attached hydrogens (tertiary/aromatic N) is 3. The minimum atomic E-state index is -0.352. The highest BCUT2D eigenvalue weighted by atomic mass is 16.2. The maximum Gasteiger partial charge on any atom is 0.245 e. The number of hydrogen-bond donors (Lipinski definition) is 1. The van der Waals surface area contributed by atoms with Crippen LogP contribution in [0.1, 0.15) is 63.5 Å². The summed E-state index contributed by atoms with van der Waals surface area (Å²) in [5, 5.41) is 2.90. The minimum Gasteiger partial charge on any atom is -0.340 e. The predicted molar refractivity (Wildman–Crippen MR) is 118 cm³/mol. The molecule has 1 N–H and O–H groups in total. The zero-order valence-electron chi connectivity index (χ0n) is 18.5. The first-order valence-electron chi connectivity index (χ1n) is 11.9. The lowest BCUT2D eigenvalue weighted by Crippen LogP contribution is -2.52. The van der Waals surface area contributed by atoms with Crippen molar-refractivity contribution in [1.82, 2.24) is 14.8 Å². The molecule has 0 bridgehead atoms. The van der Waals surface area contributed by atoms with Crippen molar-refractivity contribution in [3.63, 3.8) is 0 Å². The molecule has 0 aromatic carbocycles. The van der Waals surface area contributed by atoms with E-state index in [0.717, 1.165) is 57.1 Å². The van der Waals surface area contributed by atoms with Crippen molar-refractivity contribution in [2.45, 2.75) is 70.8 Å². The number of aryl methyl sites for hydroxylation is 1. The van der Waals surface area contributed by atoms with Gasteiger partial charge >= 0.3 is 0 Å². The van der Waals surface area contributed by atoms with Crippen molar-refractivity contribution in [3.8, 4) is 0 Å². The van der Waals surface area contributed by atoms with Crippen LogP contribution in [0, 0.1) is 18.8 Å². The predicted octanol–water partition coefficient (Wildman–Crippen LogP) is 3.14. The third-order valence-electron chi connectivity index (χ3n) is 7.02. The quantitative estimate of drug-likeness (QED) is 0.802. The largest absolute Gasteiger partial charge is 0.340 e. The van der Waals surface area contributed by atoms with Gasteiger partial charge in [0.15, 0.2) is 0 Å². The highest BCUT2D eigenvalue weighted by Gasteiger charge is 2.40. The number of amides is 3. The third-order valence-corrected chi connectivity index (χ3v) is 7.02. The number of hydrogen-bond acceptors (Lipinski definition) is 4. The van der Waals surface area contributed by atoms with Gasteiger partial charge in [-0.25, -0.2) is 4.98 Å². The Labute approximate surface area is 184 Å². The van der Waals surface area contributed by atoms with E-state index in [4.69, 9.17) is 0 Å². The molecule has 7 nitrogen and oxygen atoms in total. The number of nitrogens with one attached hydrogen (secondary N) is 1. The summed E-state index contributed by atoms with van der Waals surface area (Å²) in [6.45, 7) is 3.65. The summed E-state index contributed by atoms with van der Waals surface area (Å²) < 4.78 is 0. The molecule has 0 radical (unpaired) electrons. The summed E-state index contributed by atoms with van der Waals surface area (Å²) in [4.78, 5) is 47.2. The van der Waals surface area contributed by atoms with Crippen LogP contribution in [-0.4, -0.2) is 58.2 Å². The van der Waals surface area contributed by atoms with Crippen LogP contribution in [0.5, 0.6) is 0 Å². The number of rotatable bonds is 4.